The number of amides is 3. The summed E-state index contributed by atoms with van der Waals surface area (Å²) in [5, 5.41) is 7.82. The molecule has 226 valence electrons. The average Bonchev–Trinajstić information content (AvgIpc) is 3.43. The highest BCUT2D eigenvalue weighted by Gasteiger charge is 2.56. The van der Waals surface area contributed by atoms with Gasteiger partial charge in [0.15, 0.2) is 0 Å². The van der Waals surface area contributed by atoms with Crippen LogP contribution in [0.15, 0.2) is 87.5 Å². The monoisotopic (exact) mass is 670 g/mol. The zero-order valence-corrected chi connectivity index (χ0v) is 26.0. The smallest absolute Gasteiger partial charge is 0.308 e. The molecular weight excluding hydrogens is 648 g/mol. The number of anilines is 2. The van der Waals surface area contributed by atoms with Crippen molar-refractivity contribution >= 4 is 73.8 Å². The van der Waals surface area contributed by atoms with E-state index >= 15 is 0 Å². The Balaban J connectivity index is 1.37. The SMILES string of the molecule is COc1ccc([C@@H]2c3sc(=O)n(CC(=O)Nc4ccc(S(N)(=O)=O)cc4)c3S[C@H]3C(=O)N(c4ccc(Cl)cc4)C(=O)[C@@H]23)cc1. The molecule has 2 aliphatic rings. The number of hydrogen-bond donors (Lipinski definition) is 2. The van der Waals surface area contributed by atoms with Crippen molar-refractivity contribution < 1.29 is 27.5 Å². The molecule has 0 saturated carbocycles. The predicted octanol–water partition coefficient (Wildman–Crippen LogP) is 3.65. The van der Waals surface area contributed by atoms with E-state index in [2.05, 4.69) is 5.32 Å². The third kappa shape index (κ3) is 5.43. The minimum absolute atomic E-state index is 0.113. The fraction of sp³-hybridized carbons (Fsp3) is 0.172. The lowest BCUT2D eigenvalue weighted by molar-refractivity contribution is -0.122. The van der Waals surface area contributed by atoms with Crippen LogP contribution in [0.4, 0.5) is 11.4 Å². The molecule has 0 bridgehead atoms. The van der Waals surface area contributed by atoms with E-state index in [-0.39, 0.29) is 11.4 Å². The standard InChI is InChI=1S/C29H23ClN4O7S3/c1-41-19-10-2-15(3-11-19)22-23-24(27(37)34(26(23)36)18-8-4-16(30)5-9-18)42-28-25(22)43-29(38)33(28)14-21(35)32-17-6-12-20(13-7-17)44(31,39)40/h2-13,22-24H,14H2,1H3,(H,32,35)(H2,31,39,40)/t22-,23-,24+/m0/s1. The van der Waals surface area contributed by atoms with Crippen molar-refractivity contribution in [3.05, 3.63) is 97.9 Å². The number of rotatable bonds is 7. The van der Waals surface area contributed by atoms with Crippen molar-refractivity contribution in [2.75, 3.05) is 17.3 Å². The second-order valence-electron chi connectivity index (χ2n) is 10.0. The molecule has 3 atom stereocenters. The molecule has 3 heterocycles. The molecule has 1 saturated heterocycles. The highest BCUT2D eigenvalue weighted by atomic mass is 35.5. The summed E-state index contributed by atoms with van der Waals surface area (Å²) in [5.74, 6) is -2.20. The number of aromatic nitrogens is 1. The van der Waals surface area contributed by atoms with Crippen molar-refractivity contribution in [2.24, 2.45) is 11.1 Å². The van der Waals surface area contributed by atoms with Gasteiger partial charge < -0.3 is 10.1 Å². The van der Waals surface area contributed by atoms with Gasteiger partial charge in [0.1, 0.15) is 17.5 Å². The minimum atomic E-state index is -3.90. The maximum absolute atomic E-state index is 14.0. The van der Waals surface area contributed by atoms with Crippen LogP contribution in [-0.2, 0) is 31.0 Å². The number of benzene rings is 3. The van der Waals surface area contributed by atoms with Gasteiger partial charge in [-0.15, -0.1) is 0 Å². The van der Waals surface area contributed by atoms with Crippen molar-refractivity contribution in [3.63, 3.8) is 0 Å². The predicted molar refractivity (Wildman–Crippen MR) is 167 cm³/mol. The molecule has 3 N–H and O–H groups in total. The molecule has 4 aromatic rings. The van der Waals surface area contributed by atoms with E-state index in [9.17, 15) is 27.6 Å². The average molecular weight is 671 g/mol. The topological polar surface area (TPSA) is 158 Å². The molecule has 0 radical (unpaired) electrons. The van der Waals surface area contributed by atoms with E-state index in [0.717, 1.165) is 28.0 Å². The van der Waals surface area contributed by atoms with E-state index in [0.29, 0.717) is 37.6 Å². The number of carbonyl (C=O) groups excluding carboxylic acids is 3. The fourth-order valence-electron chi connectivity index (χ4n) is 5.34. The number of hydrogen-bond acceptors (Lipinski definition) is 9. The van der Waals surface area contributed by atoms with Gasteiger partial charge in [0, 0.05) is 21.5 Å². The Bertz CT molecular complexity index is 1960. The van der Waals surface area contributed by atoms with Crippen molar-refractivity contribution in [2.45, 2.75) is 27.6 Å². The maximum atomic E-state index is 14.0. The van der Waals surface area contributed by atoms with Crippen LogP contribution in [0.5, 0.6) is 5.75 Å². The van der Waals surface area contributed by atoms with Crippen molar-refractivity contribution in [1.82, 2.24) is 4.57 Å². The number of carbonyl (C=O) groups is 3. The molecule has 3 aromatic carbocycles. The summed E-state index contributed by atoms with van der Waals surface area (Å²) >= 11 is 8.07. The van der Waals surface area contributed by atoms with Crippen molar-refractivity contribution in [3.8, 4) is 5.75 Å². The van der Waals surface area contributed by atoms with E-state index in [1.165, 1.54) is 35.9 Å². The van der Waals surface area contributed by atoms with Gasteiger partial charge in [-0.05, 0) is 66.2 Å². The largest absolute Gasteiger partial charge is 0.497 e. The zero-order chi connectivity index (χ0) is 31.3. The summed E-state index contributed by atoms with van der Waals surface area (Å²) in [4.78, 5) is 55.4. The molecule has 44 heavy (non-hydrogen) atoms. The Hall–Kier alpha value is -3.95. The second kappa shape index (κ2) is 11.5. The number of nitrogens with one attached hydrogen (secondary N) is 1. The Morgan fingerprint density at radius 2 is 1.64 bits per heavy atom. The van der Waals surface area contributed by atoms with Gasteiger partial charge in [0.2, 0.25) is 27.7 Å². The number of ether oxygens (including phenoxy) is 1. The molecule has 1 fully saturated rings. The zero-order valence-electron chi connectivity index (χ0n) is 22.8. The number of imide groups is 1. The Morgan fingerprint density at radius 1 is 0.977 bits per heavy atom. The van der Waals surface area contributed by atoms with Crippen LogP contribution in [0, 0.1) is 5.92 Å². The summed E-state index contributed by atoms with van der Waals surface area (Å²) in [7, 11) is -2.37. The first kappa shape index (κ1) is 30.1. The van der Waals surface area contributed by atoms with Crippen LogP contribution in [0.1, 0.15) is 16.4 Å². The number of nitrogens with zero attached hydrogens (tertiary/aromatic N) is 2. The molecule has 15 heteroatoms. The number of fused-ring (bicyclic) bond motifs is 2. The minimum Gasteiger partial charge on any atom is -0.497 e. The number of sulfonamides is 1. The van der Waals surface area contributed by atoms with E-state index in [4.69, 9.17) is 21.5 Å². The maximum Gasteiger partial charge on any atom is 0.308 e. The first-order chi connectivity index (χ1) is 21.0. The number of nitrogens with two attached hydrogens (primary N) is 1. The number of thioether (sulfide) groups is 1. The molecule has 0 aliphatic carbocycles. The molecular formula is C29H23ClN4O7S3. The third-order valence-corrected chi connectivity index (χ3v) is 11.2. The summed E-state index contributed by atoms with van der Waals surface area (Å²) in [6.45, 7) is -0.371. The van der Waals surface area contributed by atoms with Gasteiger partial charge in [-0.3, -0.25) is 23.7 Å². The number of primary sulfonamides is 1. The van der Waals surface area contributed by atoms with Crippen LogP contribution in [0.3, 0.4) is 0 Å². The van der Waals surface area contributed by atoms with Crippen LogP contribution in [0.2, 0.25) is 5.02 Å². The Kier molecular flexibility index (Phi) is 7.88. The summed E-state index contributed by atoms with van der Waals surface area (Å²) in [5.41, 5.74) is 1.41. The highest BCUT2D eigenvalue weighted by Crippen LogP contribution is 2.54. The van der Waals surface area contributed by atoms with Gasteiger partial charge in [-0.1, -0.05) is 46.8 Å². The second-order valence-corrected chi connectivity index (χ2v) is 14.2. The molecule has 3 amide bonds. The number of methoxy groups -OCH3 is 1. The fourth-order valence-corrected chi connectivity index (χ4v) is 8.76. The van der Waals surface area contributed by atoms with Gasteiger partial charge >= 0.3 is 4.87 Å². The molecule has 0 spiro atoms. The quantitative estimate of drug-likeness (QED) is 0.282. The van der Waals surface area contributed by atoms with E-state index in [1.807, 2.05) is 0 Å². The van der Waals surface area contributed by atoms with Crippen LogP contribution >= 0.6 is 34.7 Å². The lowest BCUT2D eigenvalue weighted by Crippen LogP contribution is -2.33. The summed E-state index contributed by atoms with van der Waals surface area (Å²) < 4.78 is 29.7. The lowest BCUT2D eigenvalue weighted by atomic mass is 9.83. The molecule has 6 rings (SSSR count). The third-order valence-electron chi connectivity index (χ3n) is 7.38. The summed E-state index contributed by atoms with van der Waals surface area (Å²) in [6.07, 6.45) is 0. The Morgan fingerprint density at radius 3 is 2.25 bits per heavy atom. The Labute approximate surface area is 264 Å². The lowest BCUT2D eigenvalue weighted by Gasteiger charge is -2.30. The normalized spacial score (nSPS) is 19.4. The first-order valence-electron chi connectivity index (χ1n) is 13.1. The molecule has 2 aliphatic heterocycles. The first-order valence-corrected chi connectivity index (χ1v) is 16.7. The number of thiazole rings is 1. The van der Waals surface area contributed by atoms with Crippen LogP contribution in [-0.4, -0.2) is 43.1 Å². The van der Waals surface area contributed by atoms with Gasteiger partial charge in [0.25, 0.3) is 0 Å². The number of halogens is 1. The van der Waals surface area contributed by atoms with E-state index in [1.54, 1.807) is 48.5 Å². The van der Waals surface area contributed by atoms with Crippen LogP contribution in [0.25, 0.3) is 0 Å². The van der Waals surface area contributed by atoms with Crippen LogP contribution < -0.4 is 25.0 Å². The highest BCUT2D eigenvalue weighted by molar-refractivity contribution is 8.00. The van der Waals surface area contributed by atoms with E-state index < -0.39 is 49.7 Å². The molecule has 1 aromatic heterocycles. The van der Waals surface area contributed by atoms with Gasteiger partial charge in [0.05, 0.1) is 28.6 Å². The molecule has 11 nitrogen and oxygen atoms in total. The molecule has 0 unspecified atom stereocenters. The van der Waals surface area contributed by atoms with Gasteiger partial charge in [-0.25, -0.2) is 18.5 Å². The van der Waals surface area contributed by atoms with Gasteiger partial charge in [-0.2, -0.15) is 0 Å². The summed E-state index contributed by atoms with van der Waals surface area (Å²) in [6, 6.07) is 18.8. The van der Waals surface area contributed by atoms with Crippen molar-refractivity contribution in [1.29, 1.82) is 0 Å².